The number of halogens is 1. The van der Waals surface area contributed by atoms with Crippen LogP contribution < -0.4 is 4.90 Å². The minimum absolute atomic E-state index is 0.0139. The summed E-state index contributed by atoms with van der Waals surface area (Å²) < 4.78 is 47.3. The Kier molecular flexibility index (Phi) is 13.2. The van der Waals surface area contributed by atoms with Gasteiger partial charge in [0.25, 0.3) is 0 Å². The highest BCUT2D eigenvalue weighted by molar-refractivity contribution is 7.90. The van der Waals surface area contributed by atoms with Crippen LogP contribution >= 0.6 is 11.6 Å². The molecule has 2 aliphatic rings. The van der Waals surface area contributed by atoms with E-state index in [0.717, 1.165) is 16.8 Å². The van der Waals surface area contributed by atoms with Gasteiger partial charge in [-0.15, -0.1) is 6.42 Å². The molecule has 2 aromatic heterocycles. The molecular weight excluding hydrogens is 686 g/mol. The minimum atomic E-state index is -3.14. The van der Waals surface area contributed by atoms with Crippen LogP contribution in [0.5, 0.6) is 0 Å². The summed E-state index contributed by atoms with van der Waals surface area (Å²) in [6, 6.07) is 7.30. The van der Waals surface area contributed by atoms with Gasteiger partial charge in [-0.1, -0.05) is 17.5 Å². The van der Waals surface area contributed by atoms with Gasteiger partial charge in [-0.25, -0.2) is 13.4 Å². The van der Waals surface area contributed by atoms with Gasteiger partial charge in [0.2, 0.25) is 11.8 Å². The fraction of sp³-hybridized carbons (Fsp3) is 0.543. The molecule has 4 heterocycles. The number of rotatable bonds is 19. The Morgan fingerprint density at radius 3 is 2.38 bits per heavy atom. The number of imidazole rings is 1. The average Bonchev–Trinajstić information content (AvgIpc) is 3.54. The van der Waals surface area contributed by atoms with Crippen LogP contribution in [0.3, 0.4) is 0 Å². The van der Waals surface area contributed by atoms with Crippen molar-refractivity contribution in [3.8, 4) is 12.3 Å². The predicted octanol–water partition coefficient (Wildman–Crippen LogP) is 3.02. The number of carbonyl (C=O) groups excluding carboxylic acids is 2. The molecule has 0 bridgehead atoms. The maximum atomic E-state index is 14.4. The van der Waals surface area contributed by atoms with E-state index in [2.05, 4.69) is 10.9 Å². The minimum Gasteiger partial charge on any atom is -0.379 e. The number of sulfone groups is 1. The number of piperidine rings is 1. The molecule has 1 fully saturated rings. The van der Waals surface area contributed by atoms with Crippen molar-refractivity contribution in [3.63, 3.8) is 0 Å². The number of benzene rings is 1. The Morgan fingerprint density at radius 1 is 1.02 bits per heavy atom. The van der Waals surface area contributed by atoms with Gasteiger partial charge in [0.05, 0.1) is 93.3 Å². The van der Waals surface area contributed by atoms with Gasteiger partial charge >= 0.3 is 0 Å². The number of hydrogen-bond donors (Lipinski definition) is 0. The fourth-order valence-electron chi connectivity index (χ4n) is 6.52. The summed E-state index contributed by atoms with van der Waals surface area (Å²) in [5.41, 5.74) is 2.34. The zero-order valence-corrected chi connectivity index (χ0v) is 29.9. The predicted molar refractivity (Wildman–Crippen MR) is 189 cm³/mol. The van der Waals surface area contributed by atoms with Gasteiger partial charge in [0, 0.05) is 37.1 Å². The van der Waals surface area contributed by atoms with Crippen LogP contribution in [0, 0.1) is 12.3 Å². The molecule has 15 heteroatoms. The van der Waals surface area contributed by atoms with Gasteiger partial charge < -0.3 is 33.3 Å². The summed E-state index contributed by atoms with van der Waals surface area (Å²) in [7, 11) is -3.14. The van der Waals surface area contributed by atoms with Crippen LogP contribution in [0.25, 0.3) is 11.0 Å². The number of fused-ring (bicyclic) bond motifs is 3. The molecule has 5 rings (SSSR count). The highest BCUT2D eigenvalue weighted by Gasteiger charge is 2.52. The highest BCUT2D eigenvalue weighted by Crippen LogP contribution is 2.48. The third kappa shape index (κ3) is 9.39. The molecule has 0 saturated carbocycles. The third-order valence-electron chi connectivity index (χ3n) is 8.98. The molecule has 50 heavy (non-hydrogen) atoms. The summed E-state index contributed by atoms with van der Waals surface area (Å²) >= 11 is 6.27. The van der Waals surface area contributed by atoms with Crippen molar-refractivity contribution in [2.75, 3.05) is 82.9 Å². The van der Waals surface area contributed by atoms with E-state index >= 15 is 0 Å². The maximum Gasteiger partial charge on any atom is 0.238 e. The van der Waals surface area contributed by atoms with Crippen LogP contribution in [0.4, 0.5) is 5.69 Å². The number of anilines is 1. The number of likely N-dealkylation sites (tertiary alicyclic amines) is 1. The monoisotopic (exact) mass is 729 g/mol. The SMILES string of the molecule is C#CCOCCOCCOCCOCCC(=O)N1CCC2(CC1)C(=O)N(Cc1nc3cc(Cl)ccc3n1CCCS(C)(=O)=O)c1cnccc12. The largest absolute Gasteiger partial charge is 0.379 e. The molecule has 0 unspecified atom stereocenters. The Hall–Kier alpha value is -3.58. The van der Waals surface area contributed by atoms with Crippen LogP contribution in [0.1, 0.15) is 37.1 Å². The Labute approximate surface area is 298 Å². The first-order chi connectivity index (χ1) is 24.1. The summed E-state index contributed by atoms with van der Waals surface area (Å²) in [5.74, 6) is 3.00. The lowest BCUT2D eigenvalue weighted by molar-refractivity contribution is -0.136. The molecular formula is C35H44ClN5O8S. The molecule has 13 nitrogen and oxygen atoms in total. The molecule has 1 aromatic carbocycles. The number of ether oxygens (including phenoxy) is 4. The summed E-state index contributed by atoms with van der Waals surface area (Å²) in [5, 5.41) is 0.536. The number of terminal acetylenes is 1. The lowest BCUT2D eigenvalue weighted by atomic mass is 9.74. The first-order valence-corrected chi connectivity index (χ1v) is 19.2. The third-order valence-corrected chi connectivity index (χ3v) is 10.2. The zero-order valence-electron chi connectivity index (χ0n) is 28.4. The molecule has 0 aliphatic carbocycles. The second kappa shape index (κ2) is 17.6. The van der Waals surface area contributed by atoms with E-state index in [4.69, 9.17) is 42.0 Å². The normalized spacial score (nSPS) is 15.6. The van der Waals surface area contributed by atoms with Gasteiger partial charge in [-0.3, -0.25) is 14.6 Å². The van der Waals surface area contributed by atoms with Crippen LogP contribution in [0.2, 0.25) is 5.02 Å². The molecule has 0 radical (unpaired) electrons. The standard InChI is InChI=1S/C35H44ClN5O8S/c1-3-15-46-17-19-48-21-22-49-20-18-47-16-8-33(42)39-13-9-35(10-14-39)28-7-11-37-25-31(28)41(34(35)43)26-32-38-29-24-27(36)5-6-30(29)40(32)12-4-23-50(2,44)45/h1,5-7,11,24-25H,4,8-10,12-23,26H2,2H3. The van der Waals surface area contributed by atoms with Crippen LogP contribution in [-0.2, 0) is 56.9 Å². The molecule has 2 amide bonds. The molecule has 3 aromatic rings. The number of nitrogens with zero attached hydrogens (tertiary/aromatic N) is 5. The number of hydrogen-bond acceptors (Lipinski definition) is 10. The summed E-state index contributed by atoms with van der Waals surface area (Å²) in [6.45, 7) is 4.58. The number of aromatic nitrogens is 3. The van der Waals surface area contributed by atoms with Gasteiger partial charge in [-0.2, -0.15) is 0 Å². The van der Waals surface area contributed by atoms with E-state index in [1.165, 1.54) is 6.26 Å². The van der Waals surface area contributed by atoms with Crippen molar-refractivity contribution in [3.05, 3.63) is 53.1 Å². The van der Waals surface area contributed by atoms with E-state index in [0.29, 0.717) is 94.9 Å². The lowest BCUT2D eigenvalue weighted by Gasteiger charge is -2.38. The Bertz CT molecular complexity index is 1780. The summed E-state index contributed by atoms with van der Waals surface area (Å²) in [4.78, 5) is 40.1. The molecule has 0 N–H and O–H groups in total. The van der Waals surface area contributed by atoms with E-state index < -0.39 is 15.3 Å². The molecule has 270 valence electrons. The number of aryl methyl sites for hydroxylation is 1. The van der Waals surface area contributed by atoms with Crippen molar-refractivity contribution in [1.82, 2.24) is 19.4 Å². The highest BCUT2D eigenvalue weighted by atomic mass is 35.5. The van der Waals surface area contributed by atoms with Gasteiger partial charge in [-0.05, 0) is 49.1 Å². The van der Waals surface area contributed by atoms with Crippen molar-refractivity contribution in [2.24, 2.45) is 0 Å². The molecule has 2 aliphatic heterocycles. The second-order valence-electron chi connectivity index (χ2n) is 12.4. The Morgan fingerprint density at radius 2 is 1.70 bits per heavy atom. The van der Waals surface area contributed by atoms with Crippen molar-refractivity contribution in [1.29, 1.82) is 0 Å². The number of carbonyl (C=O) groups is 2. The van der Waals surface area contributed by atoms with Crippen molar-refractivity contribution >= 4 is 50.0 Å². The first kappa shape index (κ1) is 37.7. The fourth-order valence-corrected chi connectivity index (χ4v) is 7.34. The van der Waals surface area contributed by atoms with Gasteiger partial charge in [0.1, 0.15) is 22.3 Å². The first-order valence-electron chi connectivity index (χ1n) is 16.7. The van der Waals surface area contributed by atoms with Crippen LogP contribution in [0.15, 0.2) is 36.7 Å². The Balaban J connectivity index is 1.14. The quantitative estimate of drug-likeness (QED) is 0.134. The number of pyridine rings is 1. The molecule has 1 saturated heterocycles. The average molecular weight is 730 g/mol. The van der Waals surface area contributed by atoms with E-state index in [-0.39, 0.29) is 43.7 Å². The molecule has 0 atom stereocenters. The van der Waals surface area contributed by atoms with E-state index in [1.54, 1.807) is 34.3 Å². The van der Waals surface area contributed by atoms with Crippen molar-refractivity contribution in [2.45, 2.75) is 44.2 Å². The summed E-state index contributed by atoms with van der Waals surface area (Å²) in [6.07, 6.45) is 11.4. The van der Waals surface area contributed by atoms with Crippen LogP contribution in [-0.4, -0.2) is 118 Å². The van der Waals surface area contributed by atoms with Gasteiger partial charge in [0.15, 0.2) is 0 Å². The topological polar surface area (TPSA) is 142 Å². The van der Waals surface area contributed by atoms with Crippen molar-refractivity contribution < 1.29 is 37.0 Å². The van der Waals surface area contributed by atoms with E-state index in [1.807, 2.05) is 16.7 Å². The lowest BCUT2D eigenvalue weighted by Crippen LogP contribution is -2.50. The second-order valence-corrected chi connectivity index (χ2v) is 15.1. The smallest absolute Gasteiger partial charge is 0.238 e. The number of amides is 2. The maximum absolute atomic E-state index is 14.4. The molecule has 1 spiro atoms. The zero-order chi connectivity index (χ0) is 35.6. The van der Waals surface area contributed by atoms with E-state index in [9.17, 15) is 18.0 Å².